The third-order valence-electron chi connectivity index (χ3n) is 4.42. The van der Waals surface area contributed by atoms with Crippen molar-refractivity contribution in [2.24, 2.45) is 5.92 Å². The number of carbonyl (C=O) groups is 1. The quantitative estimate of drug-likeness (QED) is 0.783. The zero-order valence-corrected chi connectivity index (χ0v) is 14.4. The third-order valence-corrected chi connectivity index (χ3v) is 4.42. The normalized spacial score (nSPS) is 16.8. The van der Waals surface area contributed by atoms with Crippen molar-refractivity contribution in [1.82, 2.24) is 25.6 Å². The summed E-state index contributed by atoms with van der Waals surface area (Å²) in [4.78, 5) is 12.3. The Bertz CT molecular complexity index is 742. The minimum Gasteiger partial charge on any atom is -0.435 e. The van der Waals surface area contributed by atoms with E-state index in [1.54, 1.807) is 19.1 Å². The fourth-order valence-corrected chi connectivity index (χ4v) is 2.99. The first-order valence-corrected chi connectivity index (χ1v) is 8.51. The Morgan fingerprint density at radius 3 is 2.85 bits per heavy atom. The summed E-state index contributed by atoms with van der Waals surface area (Å²) in [5, 5.41) is 14.1. The summed E-state index contributed by atoms with van der Waals surface area (Å²) in [5.74, 6) is 0.388. The molecule has 1 saturated heterocycles. The second-order valence-corrected chi connectivity index (χ2v) is 6.21. The summed E-state index contributed by atoms with van der Waals surface area (Å²) < 4.78 is 30.2. The van der Waals surface area contributed by atoms with E-state index in [9.17, 15) is 13.6 Å². The molecule has 140 valence electrons. The van der Waals surface area contributed by atoms with E-state index in [0.717, 1.165) is 25.9 Å². The lowest BCUT2D eigenvalue weighted by Gasteiger charge is -2.09. The number of nitrogens with zero attached hydrogens (tertiary/aromatic N) is 3. The molecule has 0 spiro atoms. The molecule has 0 aliphatic carbocycles. The summed E-state index contributed by atoms with van der Waals surface area (Å²) >= 11 is 0. The Labute approximate surface area is 149 Å². The molecule has 0 radical (unpaired) electrons. The van der Waals surface area contributed by atoms with Crippen molar-refractivity contribution in [2.75, 3.05) is 19.6 Å². The van der Waals surface area contributed by atoms with Crippen LogP contribution in [0, 0.1) is 12.8 Å². The number of ether oxygens (including phenoxy) is 1. The van der Waals surface area contributed by atoms with E-state index in [1.165, 1.54) is 16.8 Å². The molecule has 2 aromatic rings. The fraction of sp³-hybridized carbons (Fsp3) is 0.471. The van der Waals surface area contributed by atoms with Crippen LogP contribution >= 0.6 is 0 Å². The van der Waals surface area contributed by atoms with Crippen molar-refractivity contribution in [3.05, 3.63) is 35.7 Å². The Morgan fingerprint density at radius 2 is 2.19 bits per heavy atom. The monoisotopic (exact) mass is 365 g/mol. The van der Waals surface area contributed by atoms with Gasteiger partial charge in [-0.3, -0.25) is 4.79 Å². The second kappa shape index (κ2) is 8.22. The van der Waals surface area contributed by atoms with Crippen molar-refractivity contribution >= 4 is 5.91 Å². The number of hydrogen-bond acceptors (Lipinski definition) is 5. The Balaban J connectivity index is 1.62. The highest BCUT2D eigenvalue weighted by molar-refractivity contribution is 5.93. The van der Waals surface area contributed by atoms with Crippen LogP contribution in [0.3, 0.4) is 0 Å². The lowest BCUT2D eigenvalue weighted by molar-refractivity contribution is -0.0498. The van der Waals surface area contributed by atoms with Crippen LogP contribution in [0.2, 0.25) is 0 Å². The van der Waals surface area contributed by atoms with E-state index in [4.69, 9.17) is 0 Å². The number of benzene rings is 1. The van der Waals surface area contributed by atoms with Crippen LogP contribution in [-0.4, -0.2) is 47.1 Å². The van der Waals surface area contributed by atoms with Gasteiger partial charge in [0, 0.05) is 6.54 Å². The predicted molar refractivity (Wildman–Crippen MR) is 90.7 cm³/mol. The first kappa shape index (κ1) is 18.2. The predicted octanol–water partition coefficient (Wildman–Crippen LogP) is 1.91. The minimum atomic E-state index is -2.87. The molecule has 1 aliphatic heterocycles. The standard InChI is InChI=1S/C17H21F2N5O2/c1-11-15(16(25)21-9-7-12-6-8-20-10-12)22-23-24(11)13-2-4-14(5-3-13)26-17(18)19/h2-5,12,17,20H,6-10H2,1H3,(H,21,25). The molecule has 2 heterocycles. The average Bonchev–Trinajstić information content (AvgIpc) is 3.25. The molecule has 1 aromatic carbocycles. The maximum absolute atomic E-state index is 12.3. The molecule has 3 rings (SSSR count). The molecule has 26 heavy (non-hydrogen) atoms. The number of alkyl halides is 2. The number of hydrogen-bond donors (Lipinski definition) is 2. The van der Waals surface area contributed by atoms with Gasteiger partial charge in [0.15, 0.2) is 5.69 Å². The number of carbonyl (C=O) groups excluding carboxylic acids is 1. The first-order valence-electron chi connectivity index (χ1n) is 8.51. The van der Waals surface area contributed by atoms with Gasteiger partial charge in [-0.1, -0.05) is 5.21 Å². The fourth-order valence-electron chi connectivity index (χ4n) is 2.99. The second-order valence-electron chi connectivity index (χ2n) is 6.21. The largest absolute Gasteiger partial charge is 0.435 e. The van der Waals surface area contributed by atoms with Gasteiger partial charge in [-0.05, 0) is 63.0 Å². The minimum absolute atomic E-state index is 0.0564. The van der Waals surface area contributed by atoms with E-state index in [2.05, 4.69) is 25.7 Å². The number of halogens is 2. The van der Waals surface area contributed by atoms with Crippen molar-refractivity contribution < 1.29 is 18.3 Å². The SMILES string of the molecule is Cc1c(C(=O)NCCC2CCNC2)nnn1-c1ccc(OC(F)F)cc1. The lowest BCUT2D eigenvalue weighted by atomic mass is 10.1. The highest BCUT2D eigenvalue weighted by Gasteiger charge is 2.19. The summed E-state index contributed by atoms with van der Waals surface area (Å²) in [5.41, 5.74) is 1.43. The van der Waals surface area contributed by atoms with Gasteiger partial charge in [-0.15, -0.1) is 5.10 Å². The smallest absolute Gasteiger partial charge is 0.387 e. The van der Waals surface area contributed by atoms with E-state index < -0.39 is 6.61 Å². The summed E-state index contributed by atoms with van der Waals surface area (Å²) in [6.45, 7) is 1.49. The topological polar surface area (TPSA) is 81.1 Å². The molecular weight excluding hydrogens is 344 g/mol. The van der Waals surface area contributed by atoms with Crippen molar-refractivity contribution in [3.8, 4) is 11.4 Å². The molecule has 1 aliphatic rings. The van der Waals surface area contributed by atoms with Crippen molar-refractivity contribution in [1.29, 1.82) is 0 Å². The molecule has 1 amide bonds. The summed E-state index contributed by atoms with van der Waals surface area (Å²) in [6.07, 6.45) is 2.06. The molecule has 1 atom stereocenters. The molecule has 9 heteroatoms. The maximum atomic E-state index is 12.3. The van der Waals surface area contributed by atoms with Gasteiger partial charge in [-0.25, -0.2) is 4.68 Å². The van der Waals surface area contributed by atoms with Gasteiger partial charge >= 0.3 is 6.61 Å². The Hall–Kier alpha value is -2.55. The summed E-state index contributed by atoms with van der Waals surface area (Å²) in [6, 6.07) is 5.98. The number of nitrogens with one attached hydrogen (secondary N) is 2. The van der Waals surface area contributed by atoms with E-state index in [0.29, 0.717) is 23.8 Å². The van der Waals surface area contributed by atoms with Crippen LogP contribution < -0.4 is 15.4 Å². The molecule has 2 N–H and O–H groups in total. The molecule has 1 unspecified atom stereocenters. The van der Waals surface area contributed by atoms with Gasteiger partial charge in [0.25, 0.3) is 5.91 Å². The highest BCUT2D eigenvalue weighted by Crippen LogP contribution is 2.18. The molecule has 1 fully saturated rings. The van der Waals surface area contributed by atoms with E-state index >= 15 is 0 Å². The zero-order valence-electron chi connectivity index (χ0n) is 14.4. The van der Waals surface area contributed by atoms with Crippen molar-refractivity contribution in [2.45, 2.75) is 26.4 Å². The molecule has 1 aromatic heterocycles. The van der Waals surface area contributed by atoms with Crippen LogP contribution in [0.4, 0.5) is 8.78 Å². The Kier molecular flexibility index (Phi) is 5.77. The number of aromatic nitrogens is 3. The van der Waals surface area contributed by atoms with Crippen LogP contribution in [-0.2, 0) is 0 Å². The van der Waals surface area contributed by atoms with Crippen LogP contribution in [0.5, 0.6) is 5.75 Å². The Morgan fingerprint density at radius 1 is 1.42 bits per heavy atom. The molecule has 0 bridgehead atoms. The summed E-state index contributed by atoms with van der Waals surface area (Å²) in [7, 11) is 0. The lowest BCUT2D eigenvalue weighted by Crippen LogP contribution is -2.27. The van der Waals surface area contributed by atoms with E-state index in [1.807, 2.05) is 0 Å². The molecular formula is C17H21F2N5O2. The first-order chi connectivity index (χ1) is 12.5. The number of rotatable bonds is 7. The zero-order chi connectivity index (χ0) is 18.5. The highest BCUT2D eigenvalue weighted by atomic mass is 19.3. The van der Waals surface area contributed by atoms with Gasteiger partial charge < -0.3 is 15.4 Å². The van der Waals surface area contributed by atoms with Crippen LogP contribution in [0.15, 0.2) is 24.3 Å². The van der Waals surface area contributed by atoms with Crippen LogP contribution in [0.25, 0.3) is 5.69 Å². The van der Waals surface area contributed by atoms with Gasteiger partial charge in [0.05, 0.1) is 11.4 Å². The molecule has 7 nitrogen and oxygen atoms in total. The van der Waals surface area contributed by atoms with E-state index in [-0.39, 0.29) is 17.4 Å². The van der Waals surface area contributed by atoms with Gasteiger partial charge in [-0.2, -0.15) is 8.78 Å². The molecule has 0 saturated carbocycles. The average molecular weight is 365 g/mol. The van der Waals surface area contributed by atoms with Gasteiger partial charge in [0.2, 0.25) is 0 Å². The van der Waals surface area contributed by atoms with Gasteiger partial charge in [0.1, 0.15) is 5.75 Å². The third kappa shape index (κ3) is 4.34. The van der Waals surface area contributed by atoms with Crippen molar-refractivity contribution in [3.63, 3.8) is 0 Å². The van der Waals surface area contributed by atoms with Crippen LogP contribution in [0.1, 0.15) is 29.0 Å². The number of amides is 1. The maximum Gasteiger partial charge on any atom is 0.387 e.